The summed E-state index contributed by atoms with van der Waals surface area (Å²) in [5, 5.41) is 16.7. The number of nitrogens with one attached hydrogen (secondary N) is 2. The van der Waals surface area contributed by atoms with E-state index in [1.165, 1.54) is 11.3 Å². The molecule has 9 heteroatoms. The molecular weight excluding hydrogens is 438 g/mol. The summed E-state index contributed by atoms with van der Waals surface area (Å²) in [5.41, 5.74) is 4.20. The number of aromatic nitrogens is 2. The number of carbonyl (C=O) groups excluding carboxylic acids is 2. The van der Waals surface area contributed by atoms with Crippen molar-refractivity contribution in [2.24, 2.45) is 0 Å². The van der Waals surface area contributed by atoms with Crippen molar-refractivity contribution in [3.63, 3.8) is 0 Å². The highest BCUT2D eigenvalue weighted by molar-refractivity contribution is 7.21. The third kappa shape index (κ3) is 3.73. The van der Waals surface area contributed by atoms with Gasteiger partial charge < -0.3 is 20.6 Å². The highest BCUT2D eigenvalue weighted by Crippen LogP contribution is 2.35. The maximum Gasteiger partial charge on any atom is 0.325 e. The van der Waals surface area contributed by atoms with Crippen LogP contribution in [0.2, 0.25) is 0 Å². The molecule has 3 aromatic heterocycles. The summed E-state index contributed by atoms with van der Waals surface area (Å²) < 4.78 is 2.55. The number of hydrogen-bond donors (Lipinski definition) is 3. The van der Waals surface area contributed by atoms with Crippen LogP contribution in [-0.2, 0) is 0 Å². The minimum absolute atomic E-state index is 0.00865. The van der Waals surface area contributed by atoms with Crippen LogP contribution in [0.1, 0.15) is 28.2 Å². The van der Waals surface area contributed by atoms with Crippen LogP contribution in [0.15, 0.2) is 42.6 Å². The Morgan fingerprint density at radius 3 is 2.88 bits per heavy atom. The average Bonchev–Trinajstić information content (AvgIpc) is 3.54. The lowest BCUT2D eigenvalue weighted by molar-refractivity contribution is 0.0682. The molecule has 4 heterocycles. The van der Waals surface area contributed by atoms with Gasteiger partial charge in [-0.3, -0.25) is 14.3 Å². The molecule has 170 valence electrons. The van der Waals surface area contributed by atoms with Gasteiger partial charge in [-0.15, -0.1) is 11.3 Å². The smallest absolute Gasteiger partial charge is 0.325 e. The molecule has 0 aliphatic carbocycles. The largest absolute Gasteiger partial charge is 0.394 e. The number of pyridine rings is 1. The van der Waals surface area contributed by atoms with Gasteiger partial charge in [0.2, 0.25) is 0 Å². The zero-order valence-electron chi connectivity index (χ0n) is 18.5. The van der Waals surface area contributed by atoms with Gasteiger partial charge in [0.15, 0.2) is 0 Å². The zero-order chi connectivity index (χ0) is 23.1. The fourth-order valence-corrected chi connectivity index (χ4v) is 5.58. The normalized spacial score (nSPS) is 16.0. The fourth-order valence-electron chi connectivity index (χ4n) is 4.54. The molecule has 4 aromatic rings. The van der Waals surface area contributed by atoms with Gasteiger partial charge in [-0.2, -0.15) is 0 Å². The Morgan fingerprint density at radius 2 is 2.09 bits per heavy atom. The molecule has 8 nitrogen and oxygen atoms in total. The van der Waals surface area contributed by atoms with E-state index in [-0.39, 0.29) is 24.6 Å². The molecule has 1 aliphatic rings. The first-order chi connectivity index (χ1) is 16.0. The summed E-state index contributed by atoms with van der Waals surface area (Å²) in [6.45, 7) is 2.57. The minimum Gasteiger partial charge on any atom is -0.394 e. The molecule has 3 N–H and O–H groups in total. The van der Waals surface area contributed by atoms with E-state index in [4.69, 9.17) is 0 Å². The molecule has 0 radical (unpaired) electrons. The number of aliphatic hydroxyl groups excluding tert-OH is 1. The van der Waals surface area contributed by atoms with Gasteiger partial charge in [-0.25, -0.2) is 4.79 Å². The van der Waals surface area contributed by atoms with Gasteiger partial charge in [0.1, 0.15) is 0 Å². The molecular formula is C24H25N5O3S. The van der Waals surface area contributed by atoms with E-state index in [1.54, 1.807) is 22.7 Å². The van der Waals surface area contributed by atoms with Crippen molar-refractivity contribution in [1.29, 1.82) is 0 Å². The highest BCUT2D eigenvalue weighted by atomic mass is 32.1. The second-order valence-corrected chi connectivity index (χ2v) is 9.29. The molecule has 1 fully saturated rings. The van der Waals surface area contributed by atoms with Crippen LogP contribution in [0.4, 0.5) is 16.2 Å². The van der Waals surface area contributed by atoms with Crippen molar-refractivity contribution in [3.8, 4) is 0 Å². The monoisotopic (exact) mass is 463 g/mol. The predicted molar refractivity (Wildman–Crippen MR) is 131 cm³/mol. The van der Waals surface area contributed by atoms with Crippen LogP contribution < -0.4 is 10.6 Å². The van der Waals surface area contributed by atoms with Crippen molar-refractivity contribution < 1.29 is 14.7 Å². The van der Waals surface area contributed by atoms with Crippen molar-refractivity contribution in [2.45, 2.75) is 25.8 Å². The summed E-state index contributed by atoms with van der Waals surface area (Å²) in [5.74, 6) is -0.0482. The number of rotatable bonds is 4. The fraction of sp³-hybridized carbons (Fsp3) is 0.292. The summed E-state index contributed by atoms with van der Waals surface area (Å²) in [6, 6.07) is 11.3. The number of benzene rings is 1. The number of amides is 2. The Hall–Kier alpha value is -3.43. The van der Waals surface area contributed by atoms with E-state index in [2.05, 4.69) is 15.6 Å². The zero-order valence-corrected chi connectivity index (χ0v) is 19.3. The second-order valence-electron chi connectivity index (χ2n) is 8.24. The minimum atomic E-state index is -0.170. The Balaban J connectivity index is 1.46. The third-order valence-corrected chi connectivity index (χ3v) is 7.30. The molecule has 1 aliphatic heterocycles. The van der Waals surface area contributed by atoms with Gasteiger partial charge in [0.25, 0.3) is 5.91 Å². The lowest BCUT2D eigenvalue weighted by atomic mass is 10.2. The molecule has 2 amide bonds. The van der Waals surface area contributed by atoms with E-state index in [1.807, 2.05) is 43.3 Å². The quantitative estimate of drug-likeness (QED) is 0.423. The van der Waals surface area contributed by atoms with Crippen molar-refractivity contribution in [1.82, 2.24) is 19.8 Å². The molecule has 5 rings (SSSR count). The second kappa shape index (κ2) is 8.49. The van der Waals surface area contributed by atoms with Gasteiger partial charge in [-0.05, 0) is 56.2 Å². The Bertz CT molecular complexity index is 1380. The first-order valence-corrected chi connectivity index (χ1v) is 11.7. The number of thiophene rings is 1. The van der Waals surface area contributed by atoms with Crippen LogP contribution in [-0.4, -0.2) is 57.7 Å². The number of likely N-dealkylation sites (tertiary alicyclic amines) is 1. The van der Waals surface area contributed by atoms with Gasteiger partial charge in [-0.1, -0.05) is 0 Å². The standard InChI is InChI=1S/C24H25N5O3S/c1-14-10-15-11-16(5-6-20(15)29(14)24(32)25-2)27-18-7-8-26-19-12-21(33-22(18)19)23(31)28-9-3-4-17(28)13-30/h5-8,10-12,17,30H,3-4,9,13H2,1-2H3,(H,25,32)(H,26,27)/t17-/m1/s1. The maximum atomic E-state index is 13.1. The van der Waals surface area contributed by atoms with Crippen LogP contribution >= 0.6 is 11.3 Å². The lowest BCUT2D eigenvalue weighted by Crippen LogP contribution is -2.37. The van der Waals surface area contributed by atoms with Crippen LogP contribution in [0.25, 0.3) is 21.1 Å². The first-order valence-electron chi connectivity index (χ1n) is 10.9. The first kappa shape index (κ1) is 21.4. The molecule has 33 heavy (non-hydrogen) atoms. The molecule has 0 bridgehead atoms. The van der Waals surface area contributed by atoms with Gasteiger partial charge >= 0.3 is 6.03 Å². The molecule has 1 atom stereocenters. The maximum absolute atomic E-state index is 13.1. The van der Waals surface area contributed by atoms with Gasteiger partial charge in [0.05, 0.1) is 38.9 Å². The SMILES string of the molecule is CNC(=O)n1c(C)cc2cc(Nc3ccnc4cc(C(=O)N5CCC[C@@H]5CO)sc34)ccc21. The Kier molecular flexibility index (Phi) is 5.51. The van der Waals surface area contributed by atoms with Crippen LogP contribution in [0.5, 0.6) is 0 Å². The number of anilines is 2. The topological polar surface area (TPSA) is 99.5 Å². The van der Waals surface area contributed by atoms with E-state index in [0.29, 0.717) is 11.4 Å². The van der Waals surface area contributed by atoms with E-state index < -0.39 is 0 Å². The summed E-state index contributed by atoms with van der Waals surface area (Å²) in [4.78, 5) is 32.1. The number of aliphatic hydroxyl groups is 1. The van der Waals surface area contributed by atoms with Crippen LogP contribution in [0, 0.1) is 6.92 Å². The van der Waals surface area contributed by atoms with Crippen molar-refractivity contribution in [2.75, 3.05) is 25.5 Å². The third-order valence-electron chi connectivity index (χ3n) is 6.15. The Labute approximate surface area is 194 Å². The molecule has 0 saturated carbocycles. The molecule has 1 aromatic carbocycles. The number of hydrogen-bond acceptors (Lipinski definition) is 6. The number of nitrogens with zero attached hydrogens (tertiary/aromatic N) is 3. The number of fused-ring (bicyclic) bond motifs is 2. The number of carbonyl (C=O) groups is 2. The van der Waals surface area contributed by atoms with E-state index in [0.717, 1.165) is 51.0 Å². The molecule has 1 saturated heterocycles. The summed E-state index contributed by atoms with van der Waals surface area (Å²) in [7, 11) is 1.62. The van der Waals surface area contributed by atoms with Crippen LogP contribution in [0.3, 0.4) is 0 Å². The highest BCUT2D eigenvalue weighted by Gasteiger charge is 2.30. The average molecular weight is 464 g/mol. The summed E-state index contributed by atoms with van der Waals surface area (Å²) in [6.07, 6.45) is 3.47. The van der Waals surface area contributed by atoms with Gasteiger partial charge in [0, 0.05) is 36.6 Å². The summed E-state index contributed by atoms with van der Waals surface area (Å²) >= 11 is 1.41. The van der Waals surface area contributed by atoms with E-state index >= 15 is 0 Å². The molecule has 0 unspecified atom stereocenters. The molecule has 0 spiro atoms. The van der Waals surface area contributed by atoms with E-state index in [9.17, 15) is 14.7 Å². The van der Waals surface area contributed by atoms with Crippen molar-refractivity contribution in [3.05, 3.63) is 53.2 Å². The predicted octanol–water partition coefficient (Wildman–Crippen LogP) is 4.09. The Morgan fingerprint density at radius 1 is 1.24 bits per heavy atom. The lowest BCUT2D eigenvalue weighted by Gasteiger charge is -2.22. The van der Waals surface area contributed by atoms with Crippen molar-refractivity contribution >= 4 is 55.8 Å². The number of aryl methyl sites for hydroxylation is 1.